The van der Waals surface area contributed by atoms with Crippen molar-refractivity contribution in [2.75, 3.05) is 5.73 Å². The highest BCUT2D eigenvalue weighted by atomic mass is 79.9. The number of nitrogen functional groups attached to an aromatic ring is 1. The monoisotopic (exact) mass is 325 g/mol. The van der Waals surface area contributed by atoms with Crippen LogP contribution in [0.3, 0.4) is 0 Å². The van der Waals surface area contributed by atoms with Crippen molar-refractivity contribution < 1.29 is 13.9 Å². The predicted octanol–water partition coefficient (Wildman–Crippen LogP) is 2.46. The molecule has 0 aliphatic heterocycles. The first-order valence-electron chi connectivity index (χ1n) is 5.15. The van der Waals surface area contributed by atoms with Crippen LogP contribution in [0.25, 0.3) is 0 Å². The summed E-state index contributed by atoms with van der Waals surface area (Å²) in [5.41, 5.74) is 10.9. The molecule has 1 amide bonds. The van der Waals surface area contributed by atoms with E-state index in [0.29, 0.717) is 4.47 Å². The van der Waals surface area contributed by atoms with E-state index in [9.17, 15) is 9.18 Å². The van der Waals surface area contributed by atoms with Gasteiger partial charge in [-0.05, 0) is 24.3 Å². The Morgan fingerprint density at radius 3 is 2.79 bits per heavy atom. The lowest BCUT2D eigenvalue weighted by Crippen LogP contribution is -2.13. The maximum Gasteiger partial charge on any atom is 0.254 e. The molecule has 0 radical (unpaired) electrons. The molecule has 0 bridgehead atoms. The number of nitrogens with two attached hydrogens (primary N) is 2. The maximum absolute atomic E-state index is 13.6. The summed E-state index contributed by atoms with van der Waals surface area (Å²) < 4.78 is 19.4. The summed E-state index contributed by atoms with van der Waals surface area (Å²) in [7, 11) is 0. The zero-order chi connectivity index (χ0) is 14.0. The van der Waals surface area contributed by atoms with Crippen LogP contribution in [0.1, 0.15) is 10.4 Å². The van der Waals surface area contributed by atoms with Crippen molar-refractivity contribution >= 4 is 27.5 Å². The van der Waals surface area contributed by atoms with Crippen LogP contribution in [0.5, 0.6) is 11.6 Å². The molecule has 1 aromatic carbocycles. The van der Waals surface area contributed by atoms with Crippen LogP contribution in [0.2, 0.25) is 0 Å². The fourth-order valence-corrected chi connectivity index (χ4v) is 1.73. The quantitative estimate of drug-likeness (QED) is 0.906. The second-order valence-corrected chi connectivity index (χ2v) is 4.58. The van der Waals surface area contributed by atoms with Gasteiger partial charge in [-0.15, -0.1) is 0 Å². The molecule has 0 fully saturated rings. The third-order valence-corrected chi connectivity index (χ3v) is 2.73. The Balaban J connectivity index is 2.43. The smallest absolute Gasteiger partial charge is 0.254 e. The van der Waals surface area contributed by atoms with Gasteiger partial charge in [0.25, 0.3) is 5.91 Å². The molecule has 4 N–H and O–H groups in total. The second-order valence-electron chi connectivity index (χ2n) is 3.66. The molecule has 19 heavy (non-hydrogen) atoms. The minimum Gasteiger partial charge on any atom is -0.435 e. The number of hydrogen-bond acceptors (Lipinski definition) is 4. The third kappa shape index (κ3) is 3.00. The molecule has 2 rings (SSSR count). The number of anilines is 1. The van der Waals surface area contributed by atoms with Crippen LogP contribution < -0.4 is 16.2 Å². The number of pyridine rings is 1. The van der Waals surface area contributed by atoms with Crippen molar-refractivity contribution in [2.24, 2.45) is 5.73 Å². The minimum absolute atomic E-state index is 0.0145. The van der Waals surface area contributed by atoms with E-state index in [-0.39, 0.29) is 22.9 Å². The second kappa shape index (κ2) is 5.23. The highest BCUT2D eigenvalue weighted by Crippen LogP contribution is 2.28. The lowest BCUT2D eigenvalue weighted by Gasteiger charge is -2.09. The first-order valence-corrected chi connectivity index (χ1v) is 5.95. The third-order valence-electron chi connectivity index (χ3n) is 2.24. The zero-order valence-corrected chi connectivity index (χ0v) is 11.1. The topological polar surface area (TPSA) is 91.2 Å². The molecule has 0 saturated carbocycles. The molecular formula is C12H9BrFN3O2. The number of aromatic nitrogens is 1. The average molecular weight is 326 g/mol. The Bertz CT molecular complexity index is 649. The van der Waals surface area contributed by atoms with Crippen molar-refractivity contribution in [1.29, 1.82) is 0 Å². The molecule has 0 spiro atoms. The minimum atomic E-state index is -0.759. The standard InChI is InChI=1S/C12H9BrFN3O2/c13-6-1-2-9(14)10(3-6)19-12-8(11(16)18)4-7(15)5-17-12/h1-5H,15H2,(H2,16,18). The van der Waals surface area contributed by atoms with Crippen LogP contribution in [0, 0.1) is 5.82 Å². The van der Waals surface area contributed by atoms with E-state index in [1.165, 1.54) is 30.5 Å². The summed E-state index contributed by atoms with van der Waals surface area (Å²) in [5, 5.41) is 0. The molecule has 0 saturated heterocycles. The van der Waals surface area contributed by atoms with Gasteiger partial charge in [-0.3, -0.25) is 4.79 Å². The van der Waals surface area contributed by atoms with E-state index >= 15 is 0 Å². The van der Waals surface area contributed by atoms with E-state index in [0.717, 1.165) is 0 Å². The van der Waals surface area contributed by atoms with Gasteiger partial charge in [0.15, 0.2) is 11.6 Å². The summed E-state index contributed by atoms with van der Waals surface area (Å²) in [6.45, 7) is 0. The van der Waals surface area contributed by atoms with Crippen LogP contribution in [-0.2, 0) is 0 Å². The number of nitrogens with zero attached hydrogens (tertiary/aromatic N) is 1. The largest absolute Gasteiger partial charge is 0.435 e. The lowest BCUT2D eigenvalue weighted by molar-refractivity contribution is 0.0997. The average Bonchev–Trinajstić information content (AvgIpc) is 2.35. The van der Waals surface area contributed by atoms with Gasteiger partial charge in [0, 0.05) is 4.47 Å². The van der Waals surface area contributed by atoms with Gasteiger partial charge in [0.2, 0.25) is 5.88 Å². The molecule has 7 heteroatoms. The fourth-order valence-electron chi connectivity index (χ4n) is 1.39. The van der Waals surface area contributed by atoms with E-state index in [1.54, 1.807) is 0 Å². The number of amides is 1. The van der Waals surface area contributed by atoms with E-state index in [1.807, 2.05) is 0 Å². The van der Waals surface area contributed by atoms with Gasteiger partial charge >= 0.3 is 0 Å². The molecular weight excluding hydrogens is 317 g/mol. The number of rotatable bonds is 3. The molecule has 5 nitrogen and oxygen atoms in total. The molecule has 0 aliphatic carbocycles. The summed E-state index contributed by atoms with van der Waals surface area (Å²) in [6.07, 6.45) is 1.29. The van der Waals surface area contributed by atoms with Gasteiger partial charge in [-0.25, -0.2) is 9.37 Å². The van der Waals surface area contributed by atoms with E-state index in [4.69, 9.17) is 16.2 Å². The Labute approximate surface area is 116 Å². The van der Waals surface area contributed by atoms with Crippen molar-refractivity contribution in [3.8, 4) is 11.6 Å². The molecule has 2 aromatic rings. The highest BCUT2D eigenvalue weighted by molar-refractivity contribution is 9.10. The first-order chi connectivity index (χ1) is 8.97. The normalized spacial score (nSPS) is 10.2. The number of benzene rings is 1. The van der Waals surface area contributed by atoms with Gasteiger partial charge < -0.3 is 16.2 Å². The van der Waals surface area contributed by atoms with Crippen molar-refractivity contribution in [3.63, 3.8) is 0 Å². The number of ether oxygens (including phenoxy) is 1. The summed E-state index contributed by atoms with van der Waals surface area (Å²) >= 11 is 3.19. The SMILES string of the molecule is NC(=O)c1cc(N)cnc1Oc1cc(Br)ccc1F. The fraction of sp³-hybridized carbons (Fsp3) is 0. The molecule has 98 valence electrons. The Morgan fingerprint density at radius 2 is 2.11 bits per heavy atom. The lowest BCUT2D eigenvalue weighted by atomic mass is 10.2. The van der Waals surface area contributed by atoms with Gasteiger partial charge in [-0.1, -0.05) is 15.9 Å². The van der Waals surface area contributed by atoms with Crippen LogP contribution in [0.4, 0.5) is 10.1 Å². The predicted molar refractivity (Wildman–Crippen MR) is 71.3 cm³/mol. The zero-order valence-electron chi connectivity index (χ0n) is 9.56. The van der Waals surface area contributed by atoms with Crippen LogP contribution in [-0.4, -0.2) is 10.9 Å². The first kappa shape index (κ1) is 13.3. The van der Waals surface area contributed by atoms with Crippen LogP contribution in [0.15, 0.2) is 34.9 Å². The molecule has 1 heterocycles. The Hall–Kier alpha value is -2.15. The van der Waals surface area contributed by atoms with E-state index < -0.39 is 11.7 Å². The number of halogens is 2. The Morgan fingerprint density at radius 1 is 1.37 bits per heavy atom. The summed E-state index contributed by atoms with van der Waals surface area (Å²) in [4.78, 5) is 15.1. The molecule has 1 aromatic heterocycles. The summed E-state index contributed by atoms with van der Waals surface area (Å²) in [6, 6.07) is 5.48. The van der Waals surface area contributed by atoms with Gasteiger partial charge in [0.1, 0.15) is 5.56 Å². The number of carbonyl (C=O) groups excluding carboxylic acids is 1. The van der Waals surface area contributed by atoms with Crippen molar-refractivity contribution in [2.45, 2.75) is 0 Å². The molecule has 0 atom stereocenters. The number of primary amides is 1. The number of hydrogen-bond donors (Lipinski definition) is 2. The van der Waals surface area contributed by atoms with Gasteiger partial charge in [-0.2, -0.15) is 0 Å². The van der Waals surface area contributed by atoms with Crippen LogP contribution >= 0.6 is 15.9 Å². The maximum atomic E-state index is 13.6. The molecule has 0 unspecified atom stereocenters. The highest BCUT2D eigenvalue weighted by Gasteiger charge is 2.14. The van der Waals surface area contributed by atoms with E-state index in [2.05, 4.69) is 20.9 Å². The molecule has 0 aliphatic rings. The summed E-state index contributed by atoms with van der Waals surface area (Å²) in [5.74, 6) is -1.52. The Kier molecular flexibility index (Phi) is 3.66. The van der Waals surface area contributed by atoms with Gasteiger partial charge in [0.05, 0.1) is 11.9 Å². The number of carbonyl (C=O) groups is 1. The van der Waals surface area contributed by atoms with Crippen molar-refractivity contribution in [1.82, 2.24) is 4.98 Å². The van der Waals surface area contributed by atoms with Crippen molar-refractivity contribution in [3.05, 3.63) is 46.3 Å².